The van der Waals surface area contributed by atoms with E-state index < -0.39 is 23.9 Å². The predicted octanol–water partition coefficient (Wildman–Crippen LogP) is 3.76. The smallest absolute Gasteiger partial charge is 0.356 e. The minimum Gasteiger partial charge on any atom is -0.489 e. The van der Waals surface area contributed by atoms with Crippen LogP contribution in [0.2, 0.25) is 0 Å². The van der Waals surface area contributed by atoms with E-state index in [9.17, 15) is 19.2 Å². The van der Waals surface area contributed by atoms with Gasteiger partial charge in [0.25, 0.3) is 0 Å². The second-order valence-corrected chi connectivity index (χ2v) is 9.25. The molecular weight excluding hydrogens is 602 g/mol. The molecule has 0 fully saturated rings. The fourth-order valence-electron chi connectivity index (χ4n) is 3.92. The molecule has 0 saturated heterocycles. The van der Waals surface area contributed by atoms with Crippen LogP contribution in [-0.4, -0.2) is 67.3 Å². The molecule has 0 aliphatic carbocycles. The summed E-state index contributed by atoms with van der Waals surface area (Å²) in [6, 6.07) is 18.1. The number of hydrogen-bond donors (Lipinski definition) is 0. The summed E-state index contributed by atoms with van der Waals surface area (Å²) in [5.74, 6) is -2.38. The minimum absolute atomic E-state index is 0.116. The molecule has 3 heterocycles. The zero-order valence-corrected chi connectivity index (χ0v) is 25.3. The number of ether oxygens (including phenoxy) is 7. The van der Waals surface area contributed by atoms with Gasteiger partial charge in [-0.2, -0.15) is 0 Å². The fourth-order valence-corrected chi connectivity index (χ4v) is 3.92. The summed E-state index contributed by atoms with van der Waals surface area (Å²) in [5.41, 5.74) is 1.12. The fraction of sp³-hybridized carbons (Fsp3) is 0.219. The molecule has 0 unspecified atom stereocenters. The highest BCUT2D eigenvalue weighted by molar-refractivity contribution is 5.93. The van der Waals surface area contributed by atoms with Gasteiger partial charge in [0, 0.05) is 36.4 Å². The van der Waals surface area contributed by atoms with Crippen LogP contribution in [0, 0.1) is 0 Å². The van der Waals surface area contributed by atoms with Crippen LogP contribution in [0.3, 0.4) is 0 Å². The van der Waals surface area contributed by atoms with Crippen LogP contribution in [0.5, 0.6) is 17.2 Å². The lowest BCUT2D eigenvalue weighted by Crippen LogP contribution is -2.12. The van der Waals surface area contributed by atoms with Crippen molar-refractivity contribution in [3.63, 3.8) is 0 Å². The van der Waals surface area contributed by atoms with E-state index in [-0.39, 0.29) is 54.1 Å². The summed E-state index contributed by atoms with van der Waals surface area (Å²) < 4.78 is 36.7. The molecular formula is C32H29N3O11. The summed E-state index contributed by atoms with van der Waals surface area (Å²) in [4.78, 5) is 61.0. The molecule has 0 N–H and O–H groups in total. The largest absolute Gasteiger partial charge is 0.489 e. The van der Waals surface area contributed by atoms with E-state index in [0.717, 1.165) is 5.56 Å². The topological polar surface area (TPSA) is 172 Å². The van der Waals surface area contributed by atoms with Gasteiger partial charge in [-0.15, -0.1) is 0 Å². The zero-order valence-electron chi connectivity index (χ0n) is 25.3. The third-order valence-corrected chi connectivity index (χ3v) is 6.10. The van der Waals surface area contributed by atoms with Crippen molar-refractivity contribution in [1.82, 2.24) is 15.0 Å². The molecule has 0 amide bonds. The van der Waals surface area contributed by atoms with Gasteiger partial charge in [-0.1, -0.05) is 30.3 Å². The Hall–Kier alpha value is -6.05. The summed E-state index contributed by atoms with van der Waals surface area (Å²) >= 11 is 0. The molecule has 14 heteroatoms. The Bertz CT molecular complexity index is 1560. The van der Waals surface area contributed by atoms with Crippen molar-refractivity contribution in [2.45, 2.75) is 19.8 Å². The molecule has 0 radical (unpaired) electrons. The van der Waals surface area contributed by atoms with Crippen LogP contribution in [0.1, 0.15) is 58.9 Å². The van der Waals surface area contributed by atoms with Gasteiger partial charge in [-0.25, -0.2) is 29.1 Å². The highest BCUT2D eigenvalue weighted by atomic mass is 16.5. The Labute approximate surface area is 263 Å². The molecule has 0 aliphatic rings. The van der Waals surface area contributed by atoms with Crippen molar-refractivity contribution in [3.05, 3.63) is 106 Å². The normalized spacial score (nSPS) is 10.3. The highest BCUT2D eigenvalue weighted by Gasteiger charge is 2.18. The lowest BCUT2D eigenvalue weighted by Gasteiger charge is -2.14. The van der Waals surface area contributed by atoms with Crippen LogP contribution in [0.15, 0.2) is 66.7 Å². The number of pyridine rings is 3. The number of carbonyl (C=O) groups excluding carboxylic acids is 4. The maximum absolute atomic E-state index is 12.1. The van der Waals surface area contributed by atoms with Crippen molar-refractivity contribution in [1.29, 1.82) is 0 Å². The molecule has 0 saturated carbocycles. The molecule has 46 heavy (non-hydrogen) atoms. The first kappa shape index (κ1) is 32.9. The zero-order chi connectivity index (χ0) is 33.1. The van der Waals surface area contributed by atoms with E-state index in [4.69, 9.17) is 33.2 Å². The number of nitrogens with zero attached hydrogens (tertiary/aromatic N) is 3. The minimum atomic E-state index is -0.772. The van der Waals surface area contributed by atoms with Crippen LogP contribution >= 0.6 is 0 Å². The van der Waals surface area contributed by atoms with Gasteiger partial charge >= 0.3 is 23.9 Å². The molecule has 0 bridgehead atoms. The van der Waals surface area contributed by atoms with E-state index in [1.807, 2.05) is 30.3 Å². The molecule has 14 nitrogen and oxygen atoms in total. The first-order chi connectivity index (χ1) is 22.2. The van der Waals surface area contributed by atoms with E-state index in [0.29, 0.717) is 17.1 Å². The third-order valence-electron chi connectivity index (χ3n) is 6.10. The van der Waals surface area contributed by atoms with Gasteiger partial charge in [-0.3, -0.25) is 4.98 Å². The first-order valence-electron chi connectivity index (χ1n) is 13.5. The summed E-state index contributed by atoms with van der Waals surface area (Å²) in [6.07, 6.45) is 0. The molecule has 4 aromatic rings. The molecule has 238 valence electrons. The average molecular weight is 632 g/mol. The van der Waals surface area contributed by atoms with Crippen LogP contribution in [0.25, 0.3) is 0 Å². The molecule has 0 aliphatic heterocycles. The lowest BCUT2D eigenvalue weighted by molar-refractivity contribution is 0.0567. The van der Waals surface area contributed by atoms with E-state index in [1.54, 1.807) is 12.1 Å². The molecule has 1 aromatic carbocycles. The SMILES string of the molecule is COC(=O)c1cc(OCc2cc(OCc3ccccc3)cc(COc3cc(C(=O)OC)nc(C(=O)OC)c3)n2)cc(C(=O)OC)n1. The van der Waals surface area contributed by atoms with Crippen molar-refractivity contribution in [2.75, 3.05) is 28.4 Å². The van der Waals surface area contributed by atoms with Gasteiger partial charge in [0.1, 0.15) is 37.1 Å². The van der Waals surface area contributed by atoms with Gasteiger partial charge in [0.05, 0.1) is 39.8 Å². The van der Waals surface area contributed by atoms with Gasteiger partial charge < -0.3 is 33.2 Å². The number of aromatic nitrogens is 3. The van der Waals surface area contributed by atoms with Crippen LogP contribution in [-0.2, 0) is 38.8 Å². The second kappa shape index (κ2) is 15.6. The van der Waals surface area contributed by atoms with Crippen LogP contribution < -0.4 is 14.2 Å². The van der Waals surface area contributed by atoms with E-state index in [1.165, 1.54) is 52.7 Å². The second-order valence-electron chi connectivity index (χ2n) is 9.25. The summed E-state index contributed by atoms with van der Waals surface area (Å²) in [6.45, 7) is 0.0279. The molecule has 3 aromatic heterocycles. The first-order valence-corrected chi connectivity index (χ1v) is 13.5. The predicted molar refractivity (Wildman–Crippen MR) is 158 cm³/mol. The number of esters is 4. The highest BCUT2D eigenvalue weighted by Crippen LogP contribution is 2.23. The third kappa shape index (κ3) is 8.75. The van der Waals surface area contributed by atoms with Crippen molar-refractivity contribution >= 4 is 23.9 Å². The number of benzene rings is 1. The molecule has 0 atom stereocenters. The number of hydrogen-bond acceptors (Lipinski definition) is 14. The van der Waals surface area contributed by atoms with E-state index in [2.05, 4.69) is 15.0 Å². The van der Waals surface area contributed by atoms with Crippen molar-refractivity contribution < 1.29 is 52.3 Å². The Morgan fingerprint density at radius 3 is 1.20 bits per heavy atom. The Balaban J connectivity index is 1.61. The van der Waals surface area contributed by atoms with E-state index >= 15 is 0 Å². The Kier molecular flexibility index (Phi) is 11.1. The Morgan fingerprint density at radius 2 is 0.826 bits per heavy atom. The standard InChI is InChI=1S/C32H29N3O11/c1-40-29(36)25-12-23(13-26(34-25)30(37)41-2)45-17-20-10-22(44-16-19-8-6-5-7-9-19)11-21(33-20)18-46-24-14-27(31(38)42-3)35-28(15-24)32(39)43-4/h5-15H,16-18H2,1-4H3. The maximum atomic E-state index is 12.1. The summed E-state index contributed by atoms with van der Waals surface area (Å²) in [5, 5.41) is 0. The van der Waals surface area contributed by atoms with Gasteiger partial charge in [0.2, 0.25) is 0 Å². The summed E-state index contributed by atoms with van der Waals surface area (Å²) in [7, 11) is 4.73. The van der Waals surface area contributed by atoms with Crippen molar-refractivity contribution in [2.24, 2.45) is 0 Å². The average Bonchev–Trinajstić information content (AvgIpc) is 3.10. The van der Waals surface area contributed by atoms with Crippen molar-refractivity contribution in [3.8, 4) is 17.2 Å². The lowest BCUT2D eigenvalue weighted by atomic mass is 10.2. The quantitative estimate of drug-likeness (QED) is 0.154. The monoisotopic (exact) mass is 631 g/mol. The van der Waals surface area contributed by atoms with Crippen LogP contribution in [0.4, 0.5) is 0 Å². The molecule has 0 spiro atoms. The van der Waals surface area contributed by atoms with Gasteiger partial charge in [0.15, 0.2) is 22.8 Å². The number of rotatable bonds is 13. The number of methoxy groups -OCH3 is 4. The Morgan fingerprint density at radius 1 is 0.478 bits per heavy atom. The van der Waals surface area contributed by atoms with Gasteiger partial charge in [-0.05, 0) is 5.56 Å². The maximum Gasteiger partial charge on any atom is 0.356 e. The molecule has 4 rings (SSSR count). The number of carbonyl (C=O) groups is 4.